The molecule has 19 heavy (non-hydrogen) atoms. The van der Waals surface area contributed by atoms with Crippen LogP contribution in [0.3, 0.4) is 0 Å². The summed E-state index contributed by atoms with van der Waals surface area (Å²) in [5.74, 6) is 0.640. The molecule has 0 radical (unpaired) electrons. The number of rotatable bonds is 2. The topological polar surface area (TPSA) is 49.0 Å². The Morgan fingerprint density at radius 1 is 1.32 bits per heavy atom. The summed E-state index contributed by atoms with van der Waals surface area (Å²) in [6.07, 6.45) is -0.390. The molecule has 2 aliphatic heterocycles. The fraction of sp³-hybridized carbons (Fsp3) is 0.538. The molecule has 0 amide bonds. The van der Waals surface area contributed by atoms with Crippen LogP contribution in [0, 0.1) is 5.82 Å². The number of fused-ring (bicyclic) bond motifs is 1. The van der Waals surface area contributed by atoms with Crippen LogP contribution in [-0.4, -0.2) is 40.0 Å². The fourth-order valence-corrected chi connectivity index (χ4v) is 2.35. The molecular weight excluding hydrogens is 253 g/mol. The largest absolute Gasteiger partial charge is 0.494 e. The van der Waals surface area contributed by atoms with Gasteiger partial charge < -0.3 is 24.3 Å². The number of halogens is 1. The van der Waals surface area contributed by atoms with E-state index in [1.54, 1.807) is 0 Å². The Kier molecular flexibility index (Phi) is 3.44. The van der Waals surface area contributed by atoms with Gasteiger partial charge >= 0.3 is 0 Å². The zero-order valence-electron chi connectivity index (χ0n) is 10.7. The van der Waals surface area contributed by atoms with E-state index in [1.165, 1.54) is 13.2 Å². The summed E-state index contributed by atoms with van der Waals surface area (Å²) in [6.45, 7) is 2.70. The molecule has 1 saturated heterocycles. The highest BCUT2D eigenvalue weighted by Crippen LogP contribution is 2.44. The number of ether oxygens (including phenoxy) is 4. The van der Waals surface area contributed by atoms with Crippen LogP contribution in [0.5, 0.6) is 17.2 Å². The molecular formula is C13H16FNO4. The first-order chi connectivity index (χ1) is 9.31. The van der Waals surface area contributed by atoms with Gasteiger partial charge in [-0.1, -0.05) is 0 Å². The first-order valence-electron chi connectivity index (χ1n) is 6.29. The van der Waals surface area contributed by atoms with Gasteiger partial charge in [-0.2, -0.15) is 0 Å². The maximum absolute atomic E-state index is 14.5. The third-order valence-electron chi connectivity index (χ3n) is 3.24. The Labute approximate surface area is 110 Å². The van der Waals surface area contributed by atoms with Gasteiger partial charge in [-0.15, -0.1) is 0 Å². The summed E-state index contributed by atoms with van der Waals surface area (Å²) in [7, 11) is 1.43. The number of benzene rings is 1. The second-order valence-electron chi connectivity index (χ2n) is 4.39. The van der Waals surface area contributed by atoms with Gasteiger partial charge in [0.25, 0.3) is 0 Å². The highest BCUT2D eigenvalue weighted by Gasteiger charge is 2.30. The lowest BCUT2D eigenvalue weighted by Crippen LogP contribution is -2.34. The maximum Gasteiger partial charge on any atom is 0.174 e. The highest BCUT2D eigenvalue weighted by atomic mass is 19.1. The normalized spacial score (nSPS) is 22.1. The monoisotopic (exact) mass is 269 g/mol. The first-order valence-corrected chi connectivity index (χ1v) is 6.29. The van der Waals surface area contributed by atoms with Gasteiger partial charge in [-0.25, -0.2) is 4.39 Å². The van der Waals surface area contributed by atoms with Gasteiger partial charge in [0.2, 0.25) is 0 Å². The van der Waals surface area contributed by atoms with Gasteiger partial charge in [0, 0.05) is 19.2 Å². The van der Waals surface area contributed by atoms with Gasteiger partial charge in [0.1, 0.15) is 19.3 Å². The molecule has 1 atom stereocenters. The van der Waals surface area contributed by atoms with E-state index < -0.39 is 5.82 Å². The molecule has 0 spiro atoms. The van der Waals surface area contributed by atoms with Gasteiger partial charge in [-0.05, 0) is 0 Å². The summed E-state index contributed by atoms with van der Waals surface area (Å²) in [5, 5.41) is 3.18. The van der Waals surface area contributed by atoms with Crippen LogP contribution in [0.2, 0.25) is 0 Å². The summed E-state index contributed by atoms with van der Waals surface area (Å²) in [5.41, 5.74) is 0.376. The standard InChI is InChI=1S/C13H16FNO4/c1-16-8-6-9-13(19-5-4-18-9)11(12(8)14)10-7-15-2-3-17-10/h6,10,15H,2-5,7H2,1H3. The second-order valence-corrected chi connectivity index (χ2v) is 4.39. The van der Waals surface area contributed by atoms with E-state index in [0.29, 0.717) is 43.4 Å². The van der Waals surface area contributed by atoms with Gasteiger partial charge in [0.05, 0.1) is 19.3 Å². The molecule has 1 fully saturated rings. The fourth-order valence-electron chi connectivity index (χ4n) is 2.35. The van der Waals surface area contributed by atoms with Crippen molar-refractivity contribution < 1.29 is 23.3 Å². The highest BCUT2D eigenvalue weighted by molar-refractivity contribution is 5.54. The van der Waals surface area contributed by atoms with Crippen LogP contribution in [0.4, 0.5) is 4.39 Å². The minimum atomic E-state index is -0.444. The minimum Gasteiger partial charge on any atom is -0.494 e. The maximum atomic E-state index is 14.5. The molecule has 2 aliphatic rings. The average molecular weight is 269 g/mol. The summed E-state index contributed by atoms with van der Waals surface area (Å²) in [6, 6.07) is 1.52. The molecule has 0 aliphatic carbocycles. The molecule has 2 heterocycles. The van der Waals surface area contributed by atoms with E-state index in [4.69, 9.17) is 18.9 Å². The third-order valence-corrected chi connectivity index (χ3v) is 3.24. The minimum absolute atomic E-state index is 0.147. The van der Waals surface area contributed by atoms with Crippen LogP contribution in [0.15, 0.2) is 6.07 Å². The van der Waals surface area contributed by atoms with Crippen LogP contribution in [-0.2, 0) is 4.74 Å². The van der Waals surface area contributed by atoms with E-state index in [1.807, 2.05) is 0 Å². The predicted octanol–water partition coefficient (Wildman–Crippen LogP) is 1.27. The molecule has 1 N–H and O–H groups in total. The van der Waals surface area contributed by atoms with E-state index in [2.05, 4.69) is 5.32 Å². The molecule has 1 aromatic rings. The summed E-state index contributed by atoms with van der Waals surface area (Å²) in [4.78, 5) is 0. The van der Waals surface area contributed by atoms with E-state index in [-0.39, 0.29) is 11.9 Å². The number of morpholine rings is 1. The molecule has 1 unspecified atom stereocenters. The molecule has 3 rings (SSSR count). The van der Waals surface area contributed by atoms with Crippen molar-refractivity contribution in [3.63, 3.8) is 0 Å². The first kappa shape index (κ1) is 12.5. The van der Waals surface area contributed by atoms with Crippen molar-refractivity contribution in [3.8, 4) is 17.2 Å². The van der Waals surface area contributed by atoms with Crippen LogP contribution in [0.25, 0.3) is 0 Å². The lowest BCUT2D eigenvalue weighted by molar-refractivity contribution is 0.0217. The Balaban J connectivity index is 2.08. The van der Waals surface area contributed by atoms with Crippen molar-refractivity contribution in [2.75, 3.05) is 40.0 Å². The Morgan fingerprint density at radius 3 is 2.89 bits per heavy atom. The summed E-state index contributed by atoms with van der Waals surface area (Å²) < 4.78 is 36.2. The Hall–Kier alpha value is -1.53. The zero-order valence-corrected chi connectivity index (χ0v) is 10.7. The number of hydrogen-bond donors (Lipinski definition) is 1. The Morgan fingerprint density at radius 2 is 2.16 bits per heavy atom. The Bertz CT molecular complexity index is 474. The summed E-state index contributed by atoms with van der Waals surface area (Å²) >= 11 is 0. The van der Waals surface area contributed by atoms with Crippen molar-refractivity contribution in [1.82, 2.24) is 5.32 Å². The lowest BCUT2D eigenvalue weighted by atomic mass is 10.0. The van der Waals surface area contributed by atoms with E-state index in [9.17, 15) is 4.39 Å². The van der Waals surface area contributed by atoms with Crippen molar-refractivity contribution in [2.45, 2.75) is 6.10 Å². The van der Waals surface area contributed by atoms with Gasteiger partial charge in [0.15, 0.2) is 23.1 Å². The molecule has 0 aromatic heterocycles. The van der Waals surface area contributed by atoms with E-state index >= 15 is 0 Å². The smallest absolute Gasteiger partial charge is 0.174 e. The number of hydrogen-bond acceptors (Lipinski definition) is 5. The predicted molar refractivity (Wildman–Crippen MR) is 65.5 cm³/mol. The molecule has 104 valence electrons. The van der Waals surface area contributed by atoms with Crippen molar-refractivity contribution in [3.05, 3.63) is 17.4 Å². The van der Waals surface area contributed by atoms with Crippen LogP contribution >= 0.6 is 0 Å². The number of methoxy groups -OCH3 is 1. The van der Waals surface area contributed by atoms with Crippen LogP contribution in [0.1, 0.15) is 11.7 Å². The van der Waals surface area contributed by atoms with Crippen molar-refractivity contribution in [2.24, 2.45) is 0 Å². The number of nitrogens with one attached hydrogen (secondary N) is 1. The van der Waals surface area contributed by atoms with Crippen LogP contribution < -0.4 is 19.5 Å². The van der Waals surface area contributed by atoms with Crippen molar-refractivity contribution >= 4 is 0 Å². The average Bonchev–Trinajstić information content (AvgIpc) is 2.47. The van der Waals surface area contributed by atoms with Crippen molar-refractivity contribution in [1.29, 1.82) is 0 Å². The zero-order chi connectivity index (χ0) is 13.2. The SMILES string of the molecule is COc1cc2c(c(C3CNCCO3)c1F)OCCO2. The van der Waals surface area contributed by atoms with E-state index in [0.717, 1.165) is 6.54 Å². The quantitative estimate of drug-likeness (QED) is 0.876. The lowest BCUT2D eigenvalue weighted by Gasteiger charge is -2.29. The molecule has 5 nitrogen and oxygen atoms in total. The second kappa shape index (κ2) is 5.22. The molecule has 1 aromatic carbocycles. The third kappa shape index (κ3) is 2.21. The van der Waals surface area contributed by atoms with Gasteiger partial charge in [-0.3, -0.25) is 0 Å². The molecule has 0 saturated carbocycles. The molecule has 6 heteroatoms. The molecule has 0 bridgehead atoms.